The molecular weight excluding hydrogens is 342 g/mol. The Morgan fingerprint density at radius 3 is 2.00 bits per heavy atom. The second kappa shape index (κ2) is 9.20. The average Bonchev–Trinajstić information content (AvgIpc) is 3.25. The fraction of sp³-hybridized carbons (Fsp3) is 0.263. The highest BCUT2D eigenvalue weighted by Crippen LogP contribution is 2.32. The van der Waals surface area contributed by atoms with Crippen LogP contribution in [0.3, 0.4) is 0 Å². The molecular formula is C19H20ClNO4. The van der Waals surface area contributed by atoms with Crippen LogP contribution in [0.15, 0.2) is 48.5 Å². The van der Waals surface area contributed by atoms with Crippen molar-refractivity contribution in [3.05, 3.63) is 59.7 Å². The van der Waals surface area contributed by atoms with E-state index in [4.69, 9.17) is 22.1 Å². The number of halogens is 1. The molecule has 25 heavy (non-hydrogen) atoms. The molecule has 5 nitrogen and oxygen atoms in total. The monoisotopic (exact) mass is 361 g/mol. The van der Waals surface area contributed by atoms with Gasteiger partial charge in [-0.15, -0.1) is 11.6 Å². The van der Waals surface area contributed by atoms with E-state index in [2.05, 4.69) is 29.0 Å². The molecule has 1 atom stereocenters. The molecule has 3 rings (SSSR count). The van der Waals surface area contributed by atoms with E-state index in [9.17, 15) is 9.59 Å². The fourth-order valence-electron chi connectivity index (χ4n) is 1.98. The standard InChI is InChI=1S/C13H16ClNO4.C6H4/c1-9(13(17)19-8-15)12(16)18-7-11-4-2-10(6-14)3-5-11;1-2-5-4-6(5)3-1/h2-5,9H,6-8,15H2,1H3;1-4H. The van der Waals surface area contributed by atoms with Gasteiger partial charge < -0.3 is 9.47 Å². The molecule has 0 fully saturated rings. The molecule has 2 aliphatic carbocycles. The van der Waals surface area contributed by atoms with E-state index in [0.717, 1.165) is 11.1 Å². The first-order chi connectivity index (χ1) is 12.0. The first-order valence-corrected chi connectivity index (χ1v) is 8.36. The topological polar surface area (TPSA) is 78.6 Å². The lowest BCUT2D eigenvalue weighted by Crippen LogP contribution is -2.27. The average molecular weight is 362 g/mol. The van der Waals surface area contributed by atoms with Crippen molar-refractivity contribution < 1.29 is 19.1 Å². The number of ether oxygens (including phenoxy) is 2. The maximum atomic E-state index is 11.6. The van der Waals surface area contributed by atoms with Gasteiger partial charge in [0.25, 0.3) is 0 Å². The van der Waals surface area contributed by atoms with Crippen molar-refractivity contribution in [2.24, 2.45) is 11.7 Å². The van der Waals surface area contributed by atoms with E-state index in [0.29, 0.717) is 5.88 Å². The van der Waals surface area contributed by atoms with E-state index >= 15 is 0 Å². The van der Waals surface area contributed by atoms with Crippen molar-refractivity contribution in [2.45, 2.75) is 19.4 Å². The van der Waals surface area contributed by atoms with Gasteiger partial charge in [0.2, 0.25) is 0 Å². The van der Waals surface area contributed by atoms with E-state index in [1.807, 2.05) is 24.3 Å². The third kappa shape index (κ3) is 5.89. The third-order valence-corrected chi connectivity index (χ3v) is 3.91. The van der Waals surface area contributed by atoms with Gasteiger partial charge in [-0.25, -0.2) is 0 Å². The van der Waals surface area contributed by atoms with Crippen LogP contribution in [0.25, 0.3) is 11.1 Å². The Kier molecular flexibility index (Phi) is 6.98. The molecule has 2 N–H and O–H groups in total. The maximum absolute atomic E-state index is 11.6. The smallest absolute Gasteiger partial charge is 0.321 e. The highest BCUT2D eigenvalue weighted by molar-refractivity contribution is 6.17. The highest BCUT2D eigenvalue weighted by atomic mass is 35.5. The van der Waals surface area contributed by atoms with Crippen LogP contribution in [0.2, 0.25) is 0 Å². The number of hydrogen-bond acceptors (Lipinski definition) is 5. The molecule has 132 valence electrons. The van der Waals surface area contributed by atoms with Crippen molar-refractivity contribution in [3.8, 4) is 11.1 Å². The third-order valence-electron chi connectivity index (χ3n) is 3.60. The minimum absolute atomic E-state index is 0.0989. The van der Waals surface area contributed by atoms with Crippen molar-refractivity contribution in [1.29, 1.82) is 0 Å². The lowest BCUT2D eigenvalue weighted by molar-refractivity contribution is -0.161. The number of nitrogens with two attached hydrogens (primary N) is 1. The van der Waals surface area contributed by atoms with Crippen molar-refractivity contribution in [1.82, 2.24) is 0 Å². The molecule has 0 radical (unpaired) electrons. The maximum Gasteiger partial charge on any atom is 0.321 e. The molecule has 0 bridgehead atoms. The predicted molar refractivity (Wildman–Crippen MR) is 95.5 cm³/mol. The minimum Gasteiger partial charge on any atom is -0.460 e. The summed E-state index contributed by atoms with van der Waals surface area (Å²) in [6.45, 7) is 1.26. The number of benzene rings is 2. The van der Waals surface area contributed by atoms with Crippen LogP contribution in [0.1, 0.15) is 18.1 Å². The second-order valence-corrected chi connectivity index (χ2v) is 5.76. The number of rotatable bonds is 6. The summed E-state index contributed by atoms with van der Waals surface area (Å²) >= 11 is 5.67. The Hall–Kier alpha value is -2.37. The molecule has 0 spiro atoms. The summed E-state index contributed by atoms with van der Waals surface area (Å²) in [7, 11) is 0. The van der Waals surface area contributed by atoms with E-state index in [1.165, 1.54) is 18.1 Å². The lowest BCUT2D eigenvalue weighted by atomic mass is 10.1. The molecule has 1 aromatic rings. The zero-order valence-corrected chi connectivity index (χ0v) is 14.7. The Bertz CT molecular complexity index is 713. The zero-order chi connectivity index (χ0) is 18.2. The molecule has 0 aliphatic heterocycles. The molecule has 0 saturated carbocycles. The molecule has 0 amide bonds. The van der Waals surface area contributed by atoms with Gasteiger partial charge in [-0.3, -0.25) is 15.3 Å². The zero-order valence-electron chi connectivity index (χ0n) is 13.9. The van der Waals surface area contributed by atoms with Gasteiger partial charge in [-0.05, 0) is 35.2 Å². The SMILES string of the molecule is CC(C(=O)OCN)C(=O)OCc1ccc(CCl)cc1.c1cc2cc-2c1. The quantitative estimate of drug-likeness (QED) is 0.315. The number of esters is 2. The highest BCUT2D eigenvalue weighted by Gasteiger charge is 2.24. The van der Waals surface area contributed by atoms with Gasteiger partial charge in [0.15, 0.2) is 5.92 Å². The Balaban J connectivity index is 0.000000306. The van der Waals surface area contributed by atoms with Gasteiger partial charge in [0.1, 0.15) is 13.3 Å². The van der Waals surface area contributed by atoms with Crippen LogP contribution in [-0.4, -0.2) is 18.7 Å². The van der Waals surface area contributed by atoms with Gasteiger partial charge in [-0.2, -0.15) is 0 Å². The van der Waals surface area contributed by atoms with E-state index < -0.39 is 17.9 Å². The van der Waals surface area contributed by atoms with Crippen LogP contribution in [0, 0.1) is 5.92 Å². The first kappa shape index (κ1) is 19.0. The fourth-order valence-corrected chi connectivity index (χ4v) is 2.16. The van der Waals surface area contributed by atoms with Gasteiger partial charge in [-0.1, -0.05) is 42.5 Å². The van der Waals surface area contributed by atoms with Crippen LogP contribution in [-0.2, 0) is 31.5 Å². The number of carbonyl (C=O) groups is 2. The number of alkyl halides is 1. The summed E-state index contributed by atoms with van der Waals surface area (Å²) in [6, 6.07) is 15.8. The minimum atomic E-state index is -0.981. The predicted octanol–water partition coefficient (Wildman–Crippen LogP) is 3.23. The Morgan fingerprint density at radius 2 is 1.56 bits per heavy atom. The first-order valence-electron chi connectivity index (χ1n) is 7.82. The van der Waals surface area contributed by atoms with Crippen LogP contribution < -0.4 is 5.73 Å². The molecule has 2 aliphatic rings. The Labute approximate surface area is 151 Å². The lowest BCUT2D eigenvalue weighted by Gasteiger charge is -2.10. The van der Waals surface area contributed by atoms with Crippen molar-refractivity contribution >= 4 is 23.5 Å². The Morgan fingerprint density at radius 1 is 1.00 bits per heavy atom. The summed E-state index contributed by atoms with van der Waals surface area (Å²) in [5.41, 5.74) is 9.71. The van der Waals surface area contributed by atoms with E-state index in [-0.39, 0.29) is 13.3 Å². The van der Waals surface area contributed by atoms with Gasteiger partial charge in [0.05, 0.1) is 0 Å². The summed E-state index contributed by atoms with van der Waals surface area (Å²) in [5, 5.41) is 0. The molecule has 1 unspecified atom stereocenters. The molecule has 0 saturated heterocycles. The van der Waals surface area contributed by atoms with Crippen LogP contribution in [0.5, 0.6) is 0 Å². The molecule has 0 aromatic heterocycles. The number of fused-ring (bicyclic) bond motifs is 1. The number of hydrogen-bond donors (Lipinski definition) is 1. The van der Waals surface area contributed by atoms with Crippen molar-refractivity contribution in [2.75, 3.05) is 6.73 Å². The van der Waals surface area contributed by atoms with Crippen LogP contribution >= 0.6 is 11.6 Å². The van der Waals surface area contributed by atoms with Gasteiger partial charge >= 0.3 is 11.9 Å². The summed E-state index contributed by atoms with van der Waals surface area (Å²) in [5.74, 6) is -1.88. The summed E-state index contributed by atoms with van der Waals surface area (Å²) in [4.78, 5) is 22.8. The van der Waals surface area contributed by atoms with Gasteiger partial charge in [0, 0.05) is 5.88 Å². The number of carbonyl (C=O) groups excluding carboxylic acids is 2. The van der Waals surface area contributed by atoms with Crippen molar-refractivity contribution in [3.63, 3.8) is 0 Å². The molecule has 0 heterocycles. The second-order valence-electron chi connectivity index (χ2n) is 5.49. The molecule has 1 aromatic carbocycles. The largest absolute Gasteiger partial charge is 0.460 e. The van der Waals surface area contributed by atoms with Crippen LogP contribution in [0.4, 0.5) is 0 Å². The summed E-state index contributed by atoms with van der Waals surface area (Å²) in [6.07, 6.45) is 0. The normalized spacial score (nSPS) is 11.6. The summed E-state index contributed by atoms with van der Waals surface area (Å²) < 4.78 is 9.55. The molecule has 6 heteroatoms. The van der Waals surface area contributed by atoms with E-state index in [1.54, 1.807) is 0 Å².